The van der Waals surface area contributed by atoms with Crippen LogP contribution in [0.4, 0.5) is 0 Å². The molecule has 1 amide bonds. The first-order valence-corrected chi connectivity index (χ1v) is 9.48. The third kappa shape index (κ3) is 4.84. The Kier molecular flexibility index (Phi) is 6.26. The highest BCUT2D eigenvalue weighted by molar-refractivity contribution is 5.94. The van der Waals surface area contributed by atoms with Crippen LogP contribution >= 0.6 is 0 Å². The number of hydrogen-bond acceptors (Lipinski definition) is 5. The lowest BCUT2D eigenvalue weighted by Crippen LogP contribution is -2.37. The van der Waals surface area contributed by atoms with Crippen molar-refractivity contribution in [3.63, 3.8) is 0 Å². The van der Waals surface area contributed by atoms with E-state index in [0.717, 1.165) is 6.42 Å². The third-order valence-corrected chi connectivity index (χ3v) is 4.96. The predicted octanol–water partition coefficient (Wildman–Crippen LogP) is 4.05. The highest BCUT2D eigenvalue weighted by Crippen LogP contribution is 2.30. The summed E-state index contributed by atoms with van der Waals surface area (Å²) in [6.07, 6.45) is 7.19. The third-order valence-electron chi connectivity index (χ3n) is 4.96. The molecule has 1 saturated carbocycles. The second-order valence-electron chi connectivity index (χ2n) is 6.96. The number of rotatable bonds is 8. The molecule has 6 heteroatoms. The lowest BCUT2D eigenvalue weighted by molar-refractivity contribution is 0.0926. The molecule has 6 nitrogen and oxygen atoms in total. The second-order valence-corrected chi connectivity index (χ2v) is 6.96. The van der Waals surface area contributed by atoms with Crippen LogP contribution in [-0.4, -0.2) is 22.1 Å². The van der Waals surface area contributed by atoms with Gasteiger partial charge in [0.05, 0.1) is 0 Å². The van der Waals surface area contributed by atoms with E-state index >= 15 is 0 Å². The molecule has 0 radical (unpaired) electrons. The molecular weight excluding hydrogens is 330 g/mol. The maximum absolute atomic E-state index is 12.5. The topological polar surface area (TPSA) is 77.2 Å². The molecule has 0 bridgehead atoms. The molecule has 1 fully saturated rings. The number of unbranched alkanes of at least 4 members (excludes halogenated alkanes) is 1. The van der Waals surface area contributed by atoms with Crippen molar-refractivity contribution >= 4 is 5.91 Å². The molecule has 2 unspecified atom stereocenters. The number of carbonyl (C=O) groups is 1. The summed E-state index contributed by atoms with van der Waals surface area (Å²) < 4.78 is 10.5. The van der Waals surface area contributed by atoms with Gasteiger partial charge in [0.1, 0.15) is 5.75 Å². The first-order chi connectivity index (χ1) is 12.7. The van der Waals surface area contributed by atoms with Crippen molar-refractivity contribution in [2.24, 2.45) is 5.92 Å². The zero-order valence-corrected chi connectivity index (χ0v) is 15.5. The van der Waals surface area contributed by atoms with E-state index in [1.807, 2.05) is 0 Å². The zero-order chi connectivity index (χ0) is 18.4. The summed E-state index contributed by atoms with van der Waals surface area (Å²) in [5.74, 6) is 2.31. The van der Waals surface area contributed by atoms with Crippen molar-refractivity contribution in [3.8, 4) is 5.75 Å². The van der Waals surface area contributed by atoms with Gasteiger partial charge in [-0.1, -0.05) is 31.3 Å². The average Bonchev–Trinajstić information content (AvgIpc) is 3.27. The van der Waals surface area contributed by atoms with Crippen LogP contribution in [0, 0.1) is 12.8 Å². The lowest BCUT2D eigenvalue weighted by atomic mass is 9.96. The van der Waals surface area contributed by atoms with Crippen molar-refractivity contribution in [1.82, 2.24) is 15.5 Å². The molecule has 2 aromatic rings. The largest absolute Gasteiger partial charge is 0.485 e. The van der Waals surface area contributed by atoms with Gasteiger partial charge in [0.25, 0.3) is 5.91 Å². The Morgan fingerprint density at radius 3 is 2.81 bits per heavy atom. The molecule has 1 aliphatic rings. The molecular formula is C20H27N3O3. The van der Waals surface area contributed by atoms with E-state index < -0.39 is 0 Å². The van der Waals surface area contributed by atoms with E-state index in [1.54, 1.807) is 31.2 Å². The van der Waals surface area contributed by atoms with E-state index in [4.69, 9.17) is 9.26 Å². The van der Waals surface area contributed by atoms with Crippen molar-refractivity contribution < 1.29 is 14.1 Å². The highest BCUT2D eigenvalue weighted by Gasteiger charge is 2.28. The minimum Gasteiger partial charge on any atom is -0.485 e. The number of benzene rings is 1. The first kappa shape index (κ1) is 18.4. The second kappa shape index (κ2) is 8.83. The fourth-order valence-corrected chi connectivity index (χ4v) is 3.54. The standard InChI is InChI=1S/C20H27N3O3/c1-3-4-6-15-7-5-8-18(15)22-20(24)16-9-11-17(12-10-16)25-13-19-21-14(2)26-23-19/h9-12,15,18H,3-8,13H2,1-2H3,(H,22,24). The van der Waals surface area contributed by atoms with Gasteiger partial charge in [0.15, 0.2) is 6.61 Å². The molecule has 26 heavy (non-hydrogen) atoms. The molecule has 0 spiro atoms. The molecule has 1 aromatic carbocycles. The molecule has 1 aliphatic carbocycles. The van der Waals surface area contributed by atoms with Gasteiger partial charge in [-0.15, -0.1) is 0 Å². The summed E-state index contributed by atoms with van der Waals surface area (Å²) in [6, 6.07) is 7.49. The van der Waals surface area contributed by atoms with E-state index in [2.05, 4.69) is 22.4 Å². The van der Waals surface area contributed by atoms with Crippen LogP contribution in [0.2, 0.25) is 0 Å². The van der Waals surface area contributed by atoms with Crippen molar-refractivity contribution in [2.75, 3.05) is 0 Å². The van der Waals surface area contributed by atoms with E-state index in [0.29, 0.717) is 35.0 Å². The summed E-state index contributed by atoms with van der Waals surface area (Å²) in [6.45, 7) is 4.19. The van der Waals surface area contributed by atoms with Gasteiger partial charge >= 0.3 is 0 Å². The maximum atomic E-state index is 12.5. The average molecular weight is 357 g/mol. The monoisotopic (exact) mass is 357 g/mol. The number of aryl methyl sites for hydroxylation is 1. The van der Waals surface area contributed by atoms with Gasteiger partial charge in [-0.05, 0) is 49.4 Å². The number of amides is 1. The number of nitrogens with zero attached hydrogens (tertiary/aromatic N) is 2. The first-order valence-electron chi connectivity index (χ1n) is 9.48. The van der Waals surface area contributed by atoms with Gasteiger partial charge in [-0.3, -0.25) is 4.79 Å². The minimum atomic E-state index is -0.00117. The quantitative estimate of drug-likeness (QED) is 0.771. The number of carbonyl (C=O) groups excluding carboxylic acids is 1. The Balaban J connectivity index is 1.51. The van der Waals surface area contributed by atoms with Crippen LogP contribution in [-0.2, 0) is 6.61 Å². The van der Waals surface area contributed by atoms with Crippen LogP contribution in [0.5, 0.6) is 5.75 Å². The maximum Gasteiger partial charge on any atom is 0.251 e. The molecule has 1 N–H and O–H groups in total. The fourth-order valence-electron chi connectivity index (χ4n) is 3.54. The van der Waals surface area contributed by atoms with Crippen LogP contribution in [0.15, 0.2) is 28.8 Å². The van der Waals surface area contributed by atoms with E-state index in [-0.39, 0.29) is 12.5 Å². The highest BCUT2D eigenvalue weighted by atomic mass is 16.5. The smallest absolute Gasteiger partial charge is 0.251 e. The van der Waals surface area contributed by atoms with Crippen LogP contribution in [0.3, 0.4) is 0 Å². The van der Waals surface area contributed by atoms with E-state index in [1.165, 1.54) is 32.1 Å². The molecule has 0 aliphatic heterocycles. The van der Waals surface area contributed by atoms with Gasteiger partial charge in [0.2, 0.25) is 11.7 Å². The fraction of sp³-hybridized carbons (Fsp3) is 0.550. The van der Waals surface area contributed by atoms with Crippen LogP contribution < -0.4 is 10.1 Å². The summed E-state index contributed by atoms with van der Waals surface area (Å²) in [5, 5.41) is 7.01. The van der Waals surface area contributed by atoms with Gasteiger partial charge in [-0.2, -0.15) is 4.98 Å². The van der Waals surface area contributed by atoms with Gasteiger partial charge in [-0.25, -0.2) is 0 Å². The van der Waals surface area contributed by atoms with Crippen molar-refractivity contribution in [1.29, 1.82) is 0 Å². The predicted molar refractivity (Wildman–Crippen MR) is 97.9 cm³/mol. The molecule has 0 saturated heterocycles. The zero-order valence-electron chi connectivity index (χ0n) is 15.5. The Bertz CT molecular complexity index is 711. The van der Waals surface area contributed by atoms with Crippen LogP contribution in [0.1, 0.15) is 67.5 Å². The SMILES string of the molecule is CCCCC1CCCC1NC(=O)c1ccc(OCc2noc(C)n2)cc1. The van der Waals surface area contributed by atoms with E-state index in [9.17, 15) is 4.79 Å². The van der Waals surface area contributed by atoms with Crippen molar-refractivity contribution in [3.05, 3.63) is 41.5 Å². The lowest BCUT2D eigenvalue weighted by Gasteiger charge is -2.21. The Hall–Kier alpha value is -2.37. The molecule has 1 aromatic heterocycles. The van der Waals surface area contributed by atoms with Gasteiger partial charge < -0.3 is 14.6 Å². The molecule has 3 rings (SSSR count). The molecule has 2 atom stereocenters. The minimum absolute atomic E-state index is 0.00117. The summed E-state index contributed by atoms with van der Waals surface area (Å²) >= 11 is 0. The number of aromatic nitrogens is 2. The summed E-state index contributed by atoms with van der Waals surface area (Å²) in [4.78, 5) is 16.6. The Morgan fingerprint density at radius 1 is 1.31 bits per heavy atom. The molecule has 140 valence electrons. The number of nitrogens with one attached hydrogen (secondary N) is 1. The molecule has 1 heterocycles. The van der Waals surface area contributed by atoms with Gasteiger partial charge in [0, 0.05) is 18.5 Å². The normalized spacial score (nSPS) is 19.5. The number of hydrogen-bond donors (Lipinski definition) is 1. The Labute approximate surface area is 154 Å². The van der Waals surface area contributed by atoms with Crippen molar-refractivity contribution in [2.45, 2.75) is 65.0 Å². The Morgan fingerprint density at radius 2 is 2.12 bits per heavy atom. The van der Waals surface area contributed by atoms with Crippen LogP contribution in [0.25, 0.3) is 0 Å². The number of ether oxygens (including phenoxy) is 1. The summed E-state index contributed by atoms with van der Waals surface area (Å²) in [7, 11) is 0. The summed E-state index contributed by atoms with van der Waals surface area (Å²) in [5.41, 5.74) is 0.661.